The number of carbonyl (C=O) groups is 2. The van der Waals surface area contributed by atoms with Gasteiger partial charge in [-0.05, 0) is 54.3 Å². The first-order valence-electron chi connectivity index (χ1n) is 16.8. The van der Waals surface area contributed by atoms with E-state index in [1.165, 1.54) is 11.6 Å². The van der Waals surface area contributed by atoms with E-state index >= 15 is 0 Å². The summed E-state index contributed by atoms with van der Waals surface area (Å²) in [6.45, 7) is 8.44. The molecule has 5 rings (SSSR count). The zero-order valence-corrected chi connectivity index (χ0v) is 29.8. The van der Waals surface area contributed by atoms with Gasteiger partial charge in [0, 0.05) is 47.0 Å². The van der Waals surface area contributed by atoms with Crippen LogP contribution in [0.1, 0.15) is 62.0 Å². The van der Waals surface area contributed by atoms with Crippen LogP contribution in [0.5, 0.6) is 11.5 Å². The standard InChI is InChI=1S/C40H45ClFN3O5/c1-40(2,3)26-45-33-19-18-29(41)22-31(33)37(50-35(39(45)47)23-36(46)44-25-28-14-8-9-16-32(28)42)30-15-10-17-34(38(30)48-4)49-21-11-20-43-24-27-12-6-5-7-13-27/h5-10,12-19,22,35,37,43H,11,20-21,23-26H2,1-4H3,(H,44,46)/t35-,37-/m1/s1. The molecule has 4 aromatic carbocycles. The Morgan fingerprint density at radius 2 is 1.72 bits per heavy atom. The second-order valence-electron chi connectivity index (χ2n) is 13.5. The number of halogens is 2. The van der Waals surface area contributed by atoms with Gasteiger partial charge in [0.15, 0.2) is 11.5 Å². The van der Waals surface area contributed by atoms with Crippen LogP contribution in [0.3, 0.4) is 0 Å². The molecule has 0 bridgehead atoms. The van der Waals surface area contributed by atoms with Gasteiger partial charge in [-0.25, -0.2) is 4.39 Å². The second kappa shape index (κ2) is 17.0. The molecule has 1 aliphatic rings. The Kier molecular flexibility index (Phi) is 12.5. The maximum atomic E-state index is 14.3. The Bertz CT molecular complexity index is 1760. The van der Waals surface area contributed by atoms with E-state index in [-0.39, 0.29) is 24.3 Å². The summed E-state index contributed by atoms with van der Waals surface area (Å²) in [5.41, 5.74) is 3.18. The van der Waals surface area contributed by atoms with Crippen molar-refractivity contribution in [2.45, 2.75) is 58.9 Å². The van der Waals surface area contributed by atoms with Crippen LogP contribution >= 0.6 is 11.6 Å². The number of nitrogens with one attached hydrogen (secondary N) is 2. The number of rotatable bonds is 14. The van der Waals surface area contributed by atoms with Crippen molar-refractivity contribution in [1.82, 2.24) is 10.6 Å². The summed E-state index contributed by atoms with van der Waals surface area (Å²) in [6, 6.07) is 27.3. The zero-order chi connectivity index (χ0) is 35.7. The maximum Gasteiger partial charge on any atom is 0.256 e. The number of fused-ring (bicyclic) bond motifs is 1. The minimum absolute atomic E-state index is 0.0215. The van der Waals surface area contributed by atoms with Crippen molar-refractivity contribution in [3.8, 4) is 11.5 Å². The lowest BCUT2D eigenvalue weighted by molar-refractivity contribution is -0.138. The predicted molar refractivity (Wildman–Crippen MR) is 194 cm³/mol. The van der Waals surface area contributed by atoms with Gasteiger partial charge in [-0.15, -0.1) is 0 Å². The topological polar surface area (TPSA) is 89.1 Å². The van der Waals surface area contributed by atoms with Gasteiger partial charge in [0.05, 0.1) is 20.1 Å². The third kappa shape index (κ3) is 9.62. The molecular formula is C40H45ClFN3O5. The second-order valence-corrected chi connectivity index (χ2v) is 13.9. The van der Waals surface area contributed by atoms with Gasteiger partial charge in [0.2, 0.25) is 5.91 Å². The highest BCUT2D eigenvalue weighted by Gasteiger charge is 2.40. The summed E-state index contributed by atoms with van der Waals surface area (Å²) in [4.78, 5) is 29.3. The quantitative estimate of drug-likeness (QED) is 0.132. The molecule has 0 radical (unpaired) electrons. The third-order valence-electron chi connectivity index (χ3n) is 8.27. The Morgan fingerprint density at radius 3 is 2.46 bits per heavy atom. The lowest BCUT2D eigenvalue weighted by atomic mass is 9.94. The number of nitrogens with zero attached hydrogens (tertiary/aromatic N) is 1. The molecule has 2 N–H and O–H groups in total. The summed E-state index contributed by atoms with van der Waals surface area (Å²) >= 11 is 6.57. The molecular weight excluding hydrogens is 657 g/mol. The minimum Gasteiger partial charge on any atom is -0.492 e. The molecule has 0 unspecified atom stereocenters. The molecule has 4 aromatic rings. The van der Waals surface area contributed by atoms with Gasteiger partial charge in [0.25, 0.3) is 5.91 Å². The van der Waals surface area contributed by atoms with Gasteiger partial charge in [-0.3, -0.25) is 9.59 Å². The van der Waals surface area contributed by atoms with Crippen LogP contribution in [0.25, 0.3) is 0 Å². The first kappa shape index (κ1) is 36.8. The van der Waals surface area contributed by atoms with Crippen LogP contribution in [0.2, 0.25) is 5.02 Å². The number of anilines is 1. The van der Waals surface area contributed by atoms with Gasteiger partial charge < -0.3 is 29.7 Å². The van der Waals surface area contributed by atoms with E-state index in [0.29, 0.717) is 52.1 Å². The lowest BCUT2D eigenvalue weighted by Crippen LogP contribution is -2.45. The number of carbonyl (C=O) groups excluding carboxylic acids is 2. The Hall–Kier alpha value is -4.44. The van der Waals surface area contributed by atoms with E-state index in [9.17, 15) is 14.0 Å². The molecule has 264 valence electrons. The van der Waals surface area contributed by atoms with E-state index in [4.69, 9.17) is 25.8 Å². The molecule has 2 amide bonds. The fraction of sp³-hybridized carbons (Fsp3) is 0.350. The van der Waals surface area contributed by atoms with Crippen molar-refractivity contribution in [2.24, 2.45) is 5.41 Å². The molecule has 1 aliphatic heterocycles. The molecule has 0 spiro atoms. The highest BCUT2D eigenvalue weighted by molar-refractivity contribution is 6.30. The molecule has 0 aliphatic carbocycles. The smallest absolute Gasteiger partial charge is 0.256 e. The zero-order valence-electron chi connectivity index (χ0n) is 29.0. The fourth-order valence-electron chi connectivity index (χ4n) is 5.94. The molecule has 0 saturated carbocycles. The average molecular weight is 702 g/mol. The number of hydrogen-bond donors (Lipinski definition) is 2. The van der Waals surface area contributed by atoms with Crippen LogP contribution in [0, 0.1) is 11.2 Å². The molecule has 1 heterocycles. The average Bonchev–Trinajstić information content (AvgIpc) is 3.19. The lowest BCUT2D eigenvalue weighted by Gasteiger charge is -2.31. The van der Waals surface area contributed by atoms with E-state index in [1.807, 2.05) is 63.2 Å². The van der Waals surface area contributed by atoms with Crippen molar-refractivity contribution in [2.75, 3.05) is 31.7 Å². The monoisotopic (exact) mass is 701 g/mol. The van der Waals surface area contributed by atoms with E-state index in [2.05, 4.69) is 22.8 Å². The van der Waals surface area contributed by atoms with E-state index < -0.39 is 23.9 Å². The van der Waals surface area contributed by atoms with Crippen molar-refractivity contribution >= 4 is 29.1 Å². The fourth-order valence-corrected chi connectivity index (χ4v) is 6.12. The first-order chi connectivity index (χ1) is 24.0. The van der Waals surface area contributed by atoms with Gasteiger partial charge in [0.1, 0.15) is 18.0 Å². The van der Waals surface area contributed by atoms with Crippen LogP contribution in [0.15, 0.2) is 91.0 Å². The Balaban J connectivity index is 1.41. The van der Waals surface area contributed by atoms with Crippen molar-refractivity contribution in [1.29, 1.82) is 0 Å². The molecule has 2 atom stereocenters. The van der Waals surface area contributed by atoms with Crippen LogP contribution < -0.4 is 25.0 Å². The maximum absolute atomic E-state index is 14.3. The van der Waals surface area contributed by atoms with Gasteiger partial charge >= 0.3 is 0 Å². The third-order valence-corrected chi connectivity index (χ3v) is 8.50. The van der Waals surface area contributed by atoms with E-state index in [1.54, 1.807) is 42.3 Å². The molecule has 8 nitrogen and oxygen atoms in total. The van der Waals surface area contributed by atoms with Crippen molar-refractivity contribution in [3.05, 3.63) is 124 Å². The van der Waals surface area contributed by atoms with Gasteiger partial charge in [-0.1, -0.05) is 93.0 Å². The molecule has 0 saturated heterocycles. The number of para-hydroxylation sites is 1. The summed E-state index contributed by atoms with van der Waals surface area (Å²) in [6.07, 6.45) is -1.52. The summed E-state index contributed by atoms with van der Waals surface area (Å²) < 4.78 is 33.1. The highest BCUT2D eigenvalue weighted by Crippen LogP contribution is 2.45. The summed E-state index contributed by atoms with van der Waals surface area (Å²) in [5, 5.41) is 6.66. The molecule has 10 heteroatoms. The number of ether oxygens (including phenoxy) is 3. The largest absolute Gasteiger partial charge is 0.492 e. The molecule has 50 heavy (non-hydrogen) atoms. The minimum atomic E-state index is -1.17. The number of amides is 2. The normalized spacial score (nSPS) is 16.0. The van der Waals surface area contributed by atoms with Crippen molar-refractivity contribution in [3.63, 3.8) is 0 Å². The van der Waals surface area contributed by atoms with Crippen LogP contribution in [-0.4, -0.2) is 44.7 Å². The highest BCUT2D eigenvalue weighted by atomic mass is 35.5. The summed E-state index contributed by atoms with van der Waals surface area (Å²) in [7, 11) is 1.56. The van der Waals surface area contributed by atoms with Crippen LogP contribution in [-0.2, 0) is 27.4 Å². The first-order valence-corrected chi connectivity index (χ1v) is 17.2. The number of benzene rings is 4. The van der Waals surface area contributed by atoms with Crippen LogP contribution in [0.4, 0.5) is 10.1 Å². The van der Waals surface area contributed by atoms with Crippen molar-refractivity contribution < 1.29 is 28.2 Å². The van der Waals surface area contributed by atoms with E-state index in [0.717, 1.165) is 19.5 Å². The Morgan fingerprint density at radius 1 is 0.960 bits per heavy atom. The summed E-state index contributed by atoms with van der Waals surface area (Å²) in [5.74, 6) is -0.242. The predicted octanol–water partition coefficient (Wildman–Crippen LogP) is 7.62. The molecule has 0 aromatic heterocycles. The number of hydrogen-bond acceptors (Lipinski definition) is 6. The van der Waals surface area contributed by atoms with Gasteiger partial charge in [-0.2, -0.15) is 0 Å². The number of methoxy groups -OCH3 is 1. The Labute approximate surface area is 298 Å². The molecule has 0 fully saturated rings. The SMILES string of the molecule is COc1c(OCCCNCc2ccccc2)cccc1[C@H]1O[C@H](CC(=O)NCc2ccccc2F)C(=O)N(CC(C)(C)C)c2ccc(Cl)cc21.